The van der Waals surface area contributed by atoms with E-state index in [9.17, 15) is 4.39 Å². The molecule has 5 rings (SSSR count). The number of nitrogens with one attached hydrogen (secondary N) is 2. The molecular formula is C23H30FN7+2. The number of benzene rings is 1. The van der Waals surface area contributed by atoms with Crippen LogP contribution < -0.4 is 9.80 Å². The highest BCUT2D eigenvalue weighted by Gasteiger charge is 2.37. The van der Waals surface area contributed by atoms with Gasteiger partial charge in [0.25, 0.3) is 0 Å². The Bertz CT molecular complexity index is 961. The molecule has 0 unspecified atom stereocenters. The summed E-state index contributed by atoms with van der Waals surface area (Å²) in [6.07, 6.45) is 8.51. The third-order valence-corrected chi connectivity index (χ3v) is 6.83. The molecule has 0 radical (unpaired) electrons. The van der Waals surface area contributed by atoms with Crippen molar-refractivity contribution in [3.8, 4) is 0 Å². The molecule has 1 atom stereocenters. The maximum absolute atomic E-state index is 13.7. The molecule has 162 valence electrons. The number of quaternary nitrogens is 2. The van der Waals surface area contributed by atoms with E-state index in [1.165, 1.54) is 23.3 Å². The highest BCUT2D eigenvalue weighted by Crippen LogP contribution is 2.31. The van der Waals surface area contributed by atoms with Crippen LogP contribution in [0.1, 0.15) is 54.7 Å². The van der Waals surface area contributed by atoms with Crippen LogP contribution in [-0.4, -0.2) is 51.4 Å². The van der Waals surface area contributed by atoms with E-state index in [1.54, 1.807) is 17.0 Å². The molecule has 2 aliphatic rings. The summed E-state index contributed by atoms with van der Waals surface area (Å²) in [4.78, 5) is 7.28. The van der Waals surface area contributed by atoms with Gasteiger partial charge in [-0.15, -0.1) is 5.10 Å². The maximum atomic E-state index is 13.7. The topological polar surface area (TPSA) is 65.4 Å². The Morgan fingerprint density at radius 1 is 1.03 bits per heavy atom. The molecule has 1 aliphatic carbocycles. The van der Waals surface area contributed by atoms with E-state index in [4.69, 9.17) is 0 Å². The fourth-order valence-corrected chi connectivity index (χ4v) is 5.20. The summed E-state index contributed by atoms with van der Waals surface area (Å²) >= 11 is 0. The SMILES string of the molecule is Fc1ccc([C@@H](c2nnnn2C2CCCC2)[NH+]2CC[NH+](Cc3cccnc3)CC2)cc1. The van der Waals surface area contributed by atoms with Crippen molar-refractivity contribution in [3.63, 3.8) is 0 Å². The summed E-state index contributed by atoms with van der Waals surface area (Å²) < 4.78 is 15.7. The standard InChI is InChI=1S/C23H28FN7/c24-20-9-7-19(8-10-20)22(23-26-27-28-31(23)21-5-1-2-6-21)30-14-12-29(13-15-30)17-18-4-3-11-25-16-18/h3-4,7-11,16,21-22H,1-2,5-6,12-15,17H2/p+2/t22-/m0/s1. The van der Waals surface area contributed by atoms with Crippen LogP contribution in [0.2, 0.25) is 0 Å². The lowest BCUT2D eigenvalue weighted by atomic mass is 10.0. The number of pyridine rings is 1. The van der Waals surface area contributed by atoms with Crippen LogP contribution in [0.15, 0.2) is 48.8 Å². The molecule has 0 spiro atoms. The summed E-state index contributed by atoms with van der Waals surface area (Å²) in [6, 6.07) is 11.5. The fraction of sp³-hybridized carbons (Fsp3) is 0.478. The lowest BCUT2D eigenvalue weighted by Gasteiger charge is -2.34. The number of aromatic nitrogens is 5. The van der Waals surface area contributed by atoms with Gasteiger partial charge in [-0.3, -0.25) is 4.98 Å². The molecule has 0 bridgehead atoms. The predicted octanol–water partition coefficient (Wildman–Crippen LogP) is 0.395. The zero-order chi connectivity index (χ0) is 21.0. The van der Waals surface area contributed by atoms with Crippen LogP contribution in [0.4, 0.5) is 4.39 Å². The number of hydrogen-bond acceptors (Lipinski definition) is 4. The molecule has 1 saturated carbocycles. The third-order valence-electron chi connectivity index (χ3n) is 6.83. The summed E-state index contributed by atoms with van der Waals surface area (Å²) in [6.45, 7) is 5.20. The number of piperazine rings is 1. The average molecular weight is 424 g/mol. The van der Waals surface area contributed by atoms with Crippen molar-refractivity contribution in [2.45, 2.75) is 44.3 Å². The van der Waals surface area contributed by atoms with Crippen LogP contribution in [0.3, 0.4) is 0 Å². The second-order valence-corrected chi connectivity index (χ2v) is 8.85. The van der Waals surface area contributed by atoms with Gasteiger partial charge in [-0.25, -0.2) is 9.07 Å². The van der Waals surface area contributed by atoms with E-state index in [-0.39, 0.29) is 11.9 Å². The lowest BCUT2D eigenvalue weighted by Crippen LogP contribution is -3.27. The van der Waals surface area contributed by atoms with E-state index in [0.717, 1.165) is 57.0 Å². The Morgan fingerprint density at radius 2 is 1.81 bits per heavy atom. The van der Waals surface area contributed by atoms with Crippen molar-refractivity contribution in [2.24, 2.45) is 0 Å². The second kappa shape index (κ2) is 9.20. The minimum Gasteiger partial charge on any atom is -0.322 e. The Balaban J connectivity index is 1.37. The third kappa shape index (κ3) is 4.50. The van der Waals surface area contributed by atoms with Gasteiger partial charge in [0, 0.05) is 23.5 Å². The monoisotopic (exact) mass is 423 g/mol. The van der Waals surface area contributed by atoms with E-state index in [0.29, 0.717) is 6.04 Å². The van der Waals surface area contributed by atoms with E-state index < -0.39 is 0 Å². The van der Waals surface area contributed by atoms with Gasteiger partial charge in [-0.1, -0.05) is 18.9 Å². The second-order valence-electron chi connectivity index (χ2n) is 8.85. The van der Waals surface area contributed by atoms with Crippen LogP contribution >= 0.6 is 0 Å². The minimum absolute atomic E-state index is 0.0242. The highest BCUT2D eigenvalue weighted by atomic mass is 19.1. The maximum Gasteiger partial charge on any atom is 0.214 e. The zero-order valence-electron chi connectivity index (χ0n) is 17.8. The number of tetrazole rings is 1. The first kappa shape index (κ1) is 20.2. The smallest absolute Gasteiger partial charge is 0.214 e. The number of halogens is 1. The van der Waals surface area contributed by atoms with Crippen molar-refractivity contribution in [3.05, 3.63) is 71.6 Å². The van der Waals surface area contributed by atoms with Crippen molar-refractivity contribution in [1.82, 2.24) is 25.2 Å². The molecule has 1 saturated heterocycles. The zero-order valence-corrected chi connectivity index (χ0v) is 17.8. The number of nitrogens with zero attached hydrogens (tertiary/aromatic N) is 5. The van der Waals surface area contributed by atoms with Crippen LogP contribution in [0.25, 0.3) is 0 Å². The van der Waals surface area contributed by atoms with Gasteiger partial charge in [-0.2, -0.15) is 0 Å². The van der Waals surface area contributed by atoms with Gasteiger partial charge in [0.05, 0.1) is 6.04 Å². The molecular weight excluding hydrogens is 393 g/mol. The fourth-order valence-electron chi connectivity index (χ4n) is 5.20. The molecule has 1 aromatic carbocycles. The first-order valence-corrected chi connectivity index (χ1v) is 11.4. The van der Waals surface area contributed by atoms with Crippen LogP contribution in [0.5, 0.6) is 0 Å². The van der Waals surface area contributed by atoms with Crippen molar-refractivity contribution < 1.29 is 14.2 Å². The Kier molecular flexibility index (Phi) is 5.99. The first-order chi connectivity index (χ1) is 15.3. The van der Waals surface area contributed by atoms with E-state index >= 15 is 0 Å². The van der Waals surface area contributed by atoms with E-state index in [2.05, 4.69) is 31.3 Å². The van der Waals surface area contributed by atoms with Gasteiger partial charge in [0.15, 0.2) is 6.04 Å². The Morgan fingerprint density at radius 3 is 2.52 bits per heavy atom. The molecule has 7 nitrogen and oxygen atoms in total. The molecule has 2 N–H and O–H groups in total. The van der Waals surface area contributed by atoms with Crippen molar-refractivity contribution in [1.29, 1.82) is 0 Å². The summed E-state index contributed by atoms with van der Waals surface area (Å²) in [5, 5.41) is 12.9. The molecule has 2 aromatic heterocycles. The predicted molar refractivity (Wildman–Crippen MR) is 113 cm³/mol. The van der Waals surface area contributed by atoms with Gasteiger partial charge in [-0.05, 0) is 53.6 Å². The molecule has 2 fully saturated rings. The van der Waals surface area contributed by atoms with Gasteiger partial charge >= 0.3 is 0 Å². The number of rotatable bonds is 6. The lowest BCUT2D eigenvalue weighted by molar-refractivity contribution is -1.03. The van der Waals surface area contributed by atoms with Crippen LogP contribution in [0, 0.1) is 5.82 Å². The average Bonchev–Trinajstić information content (AvgIpc) is 3.49. The largest absolute Gasteiger partial charge is 0.322 e. The van der Waals surface area contributed by atoms with Crippen LogP contribution in [-0.2, 0) is 6.54 Å². The Hall–Kier alpha value is -2.71. The molecule has 3 aromatic rings. The molecule has 31 heavy (non-hydrogen) atoms. The molecule has 3 heterocycles. The first-order valence-electron chi connectivity index (χ1n) is 11.4. The minimum atomic E-state index is -0.210. The highest BCUT2D eigenvalue weighted by molar-refractivity contribution is 5.23. The molecule has 8 heteroatoms. The Labute approximate surface area is 181 Å². The van der Waals surface area contributed by atoms with E-state index in [1.807, 2.05) is 30.6 Å². The van der Waals surface area contributed by atoms with Gasteiger partial charge in [0.2, 0.25) is 5.82 Å². The normalized spacial score (nSPS) is 23.1. The van der Waals surface area contributed by atoms with Gasteiger partial charge in [0.1, 0.15) is 38.5 Å². The number of hydrogen-bond donors (Lipinski definition) is 2. The van der Waals surface area contributed by atoms with Crippen molar-refractivity contribution >= 4 is 0 Å². The summed E-state index contributed by atoms with van der Waals surface area (Å²) in [5.41, 5.74) is 2.36. The quantitative estimate of drug-likeness (QED) is 0.602. The van der Waals surface area contributed by atoms with Crippen molar-refractivity contribution in [2.75, 3.05) is 26.2 Å². The molecule has 0 amide bonds. The van der Waals surface area contributed by atoms with Gasteiger partial charge < -0.3 is 9.80 Å². The molecule has 1 aliphatic heterocycles. The summed E-state index contributed by atoms with van der Waals surface area (Å²) in [7, 11) is 0. The summed E-state index contributed by atoms with van der Waals surface area (Å²) in [5.74, 6) is 0.711.